The fourth-order valence-corrected chi connectivity index (χ4v) is 6.03. The first kappa shape index (κ1) is 22.4. The molecule has 2 N–H and O–H groups in total. The van der Waals surface area contributed by atoms with Gasteiger partial charge in [0.1, 0.15) is 12.1 Å². The van der Waals surface area contributed by atoms with Crippen LogP contribution in [-0.2, 0) is 14.3 Å². The second-order valence-electron chi connectivity index (χ2n) is 9.71. The standard InChI is InChI=1S/C27H30N2O5/c1-17-18(24(30)31)12-15-29(17)25(32)27(13-6-7-14-27)28-26(33)34-16-23-21-10-4-2-8-19(21)20-9-3-5-11-22(20)23/h2-5,8-11,17-18,23H,6-7,12-16H2,1H3,(H,28,33)(H,30,31). The van der Waals surface area contributed by atoms with Crippen molar-refractivity contribution in [1.82, 2.24) is 10.2 Å². The van der Waals surface area contributed by atoms with Crippen LogP contribution in [0.4, 0.5) is 4.79 Å². The number of aliphatic carboxylic acids is 1. The molecule has 178 valence electrons. The maximum Gasteiger partial charge on any atom is 0.408 e. The molecule has 0 radical (unpaired) electrons. The van der Waals surface area contributed by atoms with Crippen molar-refractivity contribution in [2.45, 2.75) is 56.5 Å². The number of carboxylic acids is 1. The van der Waals surface area contributed by atoms with E-state index >= 15 is 0 Å². The van der Waals surface area contributed by atoms with Crippen LogP contribution in [0.2, 0.25) is 0 Å². The molecule has 2 aromatic carbocycles. The lowest BCUT2D eigenvalue weighted by molar-refractivity contribution is -0.144. The van der Waals surface area contributed by atoms with Gasteiger partial charge in [0.05, 0.1) is 5.92 Å². The summed E-state index contributed by atoms with van der Waals surface area (Å²) >= 11 is 0. The van der Waals surface area contributed by atoms with E-state index in [0.717, 1.165) is 35.1 Å². The smallest absolute Gasteiger partial charge is 0.408 e. The molecule has 1 heterocycles. The minimum absolute atomic E-state index is 0.0525. The Morgan fingerprint density at radius 2 is 1.62 bits per heavy atom. The van der Waals surface area contributed by atoms with E-state index in [-0.39, 0.29) is 18.4 Å². The number of hydrogen-bond acceptors (Lipinski definition) is 4. The van der Waals surface area contributed by atoms with E-state index in [1.807, 2.05) is 24.3 Å². The quantitative estimate of drug-likeness (QED) is 0.696. The largest absolute Gasteiger partial charge is 0.481 e. The molecule has 0 spiro atoms. The summed E-state index contributed by atoms with van der Waals surface area (Å²) in [7, 11) is 0. The van der Waals surface area contributed by atoms with Crippen molar-refractivity contribution in [2.75, 3.05) is 13.2 Å². The Hall–Kier alpha value is -3.35. The molecule has 1 aliphatic heterocycles. The number of amides is 2. The van der Waals surface area contributed by atoms with Crippen molar-refractivity contribution < 1.29 is 24.2 Å². The topological polar surface area (TPSA) is 95.9 Å². The fourth-order valence-electron chi connectivity index (χ4n) is 6.03. The number of alkyl carbamates (subject to hydrolysis) is 1. The molecule has 2 unspecified atom stereocenters. The van der Waals surface area contributed by atoms with E-state index in [9.17, 15) is 19.5 Å². The lowest BCUT2D eigenvalue weighted by Crippen LogP contribution is -2.59. The highest BCUT2D eigenvalue weighted by molar-refractivity contribution is 5.91. The molecule has 2 aromatic rings. The van der Waals surface area contributed by atoms with Crippen LogP contribution in [-0.4, -0.2) is 52.7 Å². The molecular weight excluding hydrogens is 432 g/mol. The van der Waals surface area contributed by atoms with Crippen LogP contribution < -0.4 is 5.32 Å². The van der Waals surface area contributed by atoms with Crippen molar-refractivity contribution in [1.29, 1.82) is 0 Å². The van der Waals surface area contributed by atoms with Gasteiger partial charge in [-0.05, 0) is 48.4 Å². The molecule has 3 aliphatic rings. The van der Waals surface area contributed by atoms with Crippen LogP contribution in [0.1, 0.15) is 56.1 Å². The monoisotopic (exact) mass is 462 g/mol. The van der Waals surface area contributed by atoms with Crippen molar-refractivity contribution >= 4 is 18.0 Å². The van der Waals surface area contributed by atoms with E-state index < -0.39 is 29.6 Å². The van der Waals surface area contributed by atoms with Crippen LogP contribution >= 0.6 is 0 Å². The zero-order valence-electron chi connectivity index (χ0n) is 19.3. The third kappa shape index (κ3) is 3.73. The van der Waals surface area contributed by atoms with E-state index in [0.29, 0.717) is 25.8 Å². The highest BCUT2D eigenvalue weighted by atomic mass is 16.5. The SMILES string of the molecule is CC1C(C(=O)O)CCN1C(=O)C1(NC(=O)OCC2c3ccccc3-c3ccccc32)CCCC1. The fraction of sp³-hybridized carbons (Fsp3) is 0.444. The first-order valence-corrected chi connectivity index (χ1v) is 12.1. The van der Waals surface area contributed by atoms with Gasteiger partial charge < -0.3 is 20.1 Å². The number of likely N-dealkylation sites (tertiary alicyclic amines) is 1. The first-order chi connectivity index (χ1) is 16.4. The Bertz CT molecular complexity index is 1080. The third-order valence-electron chi connectivity index (χ3n) is 7.88. The van der Waals surface area contributed by atoms with Crippen molar-refractivity contribution in [3.8, 4) is 11.1 Å². The Morgan fingerprint density at radius 1 is 1.03 bits per heavy atom. The number of benzene rings is 2. The normalized spacial score (nSPS) is 22.8. The molecule has 0 aromatic heterocycles. The number of carbonyl (C=O) groups is 3. The van der Waals surface area contributed by atoms with E-state index in [4.69, 9.17) is 4.74 Å². The molecule has 2 atom stereocenters. The zero-order chi connectivity index (χ0) is 23.9. The summed E-state index contributed by atoms with van der Waals surface area (Å²) in [4.78, 5) is 39.6. The van der Waals surface area contributed by atoms with Crippen LogP contribution in [0.25, 0.3) is 11.1 Å². The zero-order valence-corrected chi connectivity index (χ0v) is 19.3. The summed E-state index contributed by atoms with van der Waals surface area (Å²) in [5, 5.41) is 12.3. The summed E-state index contributed by atoms with van der Waals surface area (Å²) in [5.74, 6) is -1.69. The molecular formula is C27H30N2O5. The lowest BCUT2D eigenvalue weighted by Gasteiger charge is -2.35. The summed E-state index contributed by atoms with van der Waals surface area (Å²) in [5.41, 5.74) is 3.56. The predicted octanol–water partition coefficient (Wildman–Crippen LogP) is 4.16. The summed E-state index contributed by atoms with van der Waals surface area (Å²) in [6, 6.07) is 15.9. The van der Waals surface area contributed by atoms with Crippen LogP contribution in [0.5, 0.6) is 0 Å². The highest BCUT2D eigenvalue weighted by Gasteiger charge is 2.49. The van der Waals surface area contributed by atoms with Gasteiger partial charge in [0.15, 0.2) is 0 Å². The number of nitrogens with one attached hydrogen (secondary N) is 1. The average molecular weight is 463 g/mol. The predicted molar refractivity (Wildman–Crippen MR) is 126 cm³/mol. The molecule has 0 bridgehead atoms. The number of rotatable bonds is 5. The van der Waals surface area contributed by atoms with Gasteiger partial charge in [-0.2, -0.15) is 0 Å². The number of nitrogens with zero attached hydrogens (tertiary/aromatic N) is 1. The number of carbonyl (C=O) groups excluding carboxylic acids is 2. The lowest BCUT2D eigenvalue weighted by atomic mass is 9.94. The maximum absolute atomic E-state index is 13.5. The summed E-state index contributed by atoms with van der Waals surface area (Å²) < 4.78 is 5.71. The maximum atomic E-state index is 13.5. The van der Waals surface area contributed by atoms with E-state index in [2.05, 4.69) is 29.6 Å². The van der Waals surface area contributed by atoms with Crippen molar-refractivity contribution in [3.05, 3.63) is 59.7 Å². The highest BCUT2D eigenvalue weighted by Crippen LogP contribution is 2.44. The molecule has 7 heteroatoms. The van der Waals surface area contributed by atoms with Crippen LogP contribution in [0, 0.1) is 5.92 Å². The molecule has 1 saturated carbocycles. The third-order valence-corrected chi connectivity index (χ3v) is 7.88. The molecule has 2 amide bonds. The second kappa shape index (κ2) is 8.78. The van der Waals surface area contributed by atoms with Gasteiger partial charge in [-0.1, -0.05) is 61.4 Å². The van der Waals surface area contributed by atoms with Gasteiger partial charge in [-0.3, -0.25) is 9.59 Å². The minimum atomic E-state index is -1.02. The van der Waals surface area contributed by atoms with E-state index in [1.54, 1.807) is 11.8 Å². The van der Waals surface area contributed by atoms with Crippen molar-refractivity contribution in [2.24, 2.45) is 5.92 Å². The van der Waals surface area contributed by atoms with Gasteiger partial charge in [0.25, 0.3) is 0 Å². The van der Waals surface area contributed by atoms with Gasteiger partial charge in [-0.25, -0.2) is 4.79 Å². The number of hydrogen-bond donors (Lipinski definition) is 2. The summed E-state index contributed by atoms with van der Waals surface area (Å²) in [6.07, 6.45) is 2.58. The number of carboxylic acid groups (broad SMARTS) is 1. The number of fused-ring (bicyclic) bond motifs is 3. The molecule has 1 saturated heterocycles. The average Bonchev–Trinajstić information content (AvgIpc) is 3.54. The Balaban J connectivity index is 1.29. The molecule has 2 fully saturated rings. The van der Waals surface area contributed by atoms with Crippen LogP contribution in [0.15, 0.2) is 48.5 Å². The molecule has 7 nitrogen and oxygen atoms in total. The second-order valence-corrected chi connectivity index (χ2v) is 9.71. The van der Waals surface area contributed by atoms with Crippen LogP contribution in [0.3, 0.4) is 0 Å². The van der Waals surface area contributed by atoms with Gasteiger partial charge in [0, 0.05) is 18.5 Å². The van der Waals surface area contributed by atoms with Gasteiger partial charge >= 0.3 is 12.1 Å². The first-order valence-electron chi connectivity index (χ1n) is 12.1. The molecule has 2 aliphatic carbocycles. The number of ether oxygens (including phenoxy) is 1. The van der Waals surface area contributed by atoms with Crippen molar-refractivity contribution in [3.63, 3.8) is 0 Å². The Morgan fingerprint density at radius 3 is 2.18 bits per heavy atom. The Labute approximate surface area is 199 Å². The molecule has 5 rings (SSSR count). The van der Waals surface area contributed by atoms with E-state index in [1.165, 1.54) is 0 Å². The van der Waals surface area contributed by atoms with Gasteiger partial charge in [0.2, 0.25) is 5.91 Å². The van der Waals surface area contributed by atoms with Gasteiger partial charge in [-0.15, -0.1) is 0 Å². The molecule has 34 heavy (non-hydrogen) atoms. The minimum Gasteiger partial charge on any atom is -0.481 e. The Kier molecular flexibility index (Phi) is 5.80. The summed E-state index contributed by atoms with van der Waals surface area (Å²) in [6.45, 7) is 2.36.